The van der Waals surface area contributed by atoms with E-state index < -0.39 is 0 Å². The molecule has 1 aromatic heterocycles. The Labute approximate surface area is 130 Å². The summed E-state index contributed by atoms with van der Waals surface area (Å²) in [5.41, 5.74) is 4.16. The Morgan fingerprint density at radius 3 is 2.95 bits per heavy atom. The molecule has 1 saturated carbocycles. The van der Waals surface area contributed by atoms with E-state index in [4.69, 9.17) is 0 Å². The predicted octanol–water partition coefficient (Wildman–Crippen LogP) is 2.85. The minimum absolute atomic E-state index is 0.128. The molecule has 1 aromatic carbocycles. The van der Waals surface area contributed by atoms with Gasteiger partial charge in [-0.2, -0.15) is 0 Å². The topological polar surface area (TPSA) is 45.2 Å². The normalized spacial score (nSPS) is 16.0. The molecule has 4 nitrogen and oxygen atoms in total. The summed E-state index contributed by atoms with van der Waals surface area (Å²) in [6, 6.07) is 12.2. The fourth-order valence-corrected chi connectivity index (χ4v) is 3.02. The lowest BCUT2D eigenvalue weighted by Gasteiger charge is -2.22. The molecule has 1 aliphatic carbocycles. The number of nitrogens with one attached hydrogen (secondary N) is 1. The summed E-state index contributed by atoms with van der Waals surface area (Å²) < 4.78 is 0. The van der Waals surface area contributed by atoms with Crippen LogP contribution >= 0.6 is 0 Å². The van der Waals surface area contributed by atoms with Gasteiger partial charge in [-0.25, -0.2) is 0 Å². The van der Waals surface area contributed by atoms with Crippen molar-refractivity contribution in [3.8, 4) is 0 Å². The number of benzene rings is 1. The third-order valence-electron chi connectivity index (χ3n) is 4.37. The van der Waals surface area contributed by atoms with Gasteiger partial charge in [0.15, 0.2) is 0 Å². The van der Waals surface area contributed by atoms with Crippen molar-refractivity contribution in [1.29, 1.82) is 0 Å². The largest absolute Gasteiger partial charge is 0.384 e. The second kappa shape index (κ2) is 5.44. The maximum atomic E-state index is 12.9. The molecule has 0 saturated heterocycles. The van der Waals surface area contributed by atoms with E-state index in [1.165, 1.54) is 11.3 Å². The van der Waals surface area contributed by atoms with Gasteiger partial charge in [0.05, 0.1) is 12.2 Å². The highest BCUT2D eigenvalue weighted by atomic mass is 16.2. The third-order valence-corrected chi connectivity index (χ3v) is 4.37. The highest BCUT2D eigenvalue weighted by Gasteiger charge is 2.33. The second-order valence-corrected chi connectivity index (χ2v) is 6.03. The number of hydrogen-bond acceptors (Lipinski definition) is 3. The van der Waals surface area contributed by atoms with Crippen molar-refractivity contribution < 1.29 is 4.79 Å². The van der Waals surface area contributed by atoms with Crippen LogP contribution in [0.5, 0.6) is 0 Å². The zero-order valence-electron chi connectivity index (χ0n) is 12.5. The first-order valence-electron chi connectivity index (χ1n) is 7.89. The Morgan fingerprint density at radius 1 is 1.27 bits per heavy atom. The molecule has 2 aliphatic rings. The van der Waals surface area contributed by atoms with Crippen LogP contribution in [0.1, 0.15) is 34.5 Å². The number of rotatable bonds is 4. The van der Waals surface area contributed by atoms with Gasteiger partial charge >= 0.3 is 0 Å². The van der Waals surface area contributed by atoms with Crippen LogP contribution in [0.15, 0.2) is 42.6 Å². The molecule has 1 aliphatic heterocycles. The van der Waals surface area contributed by atoms with Crippen LogP contribution in [0.3, 0.4) is 0 Å². The van der Waals surface area contributed by atoms with E-state index in [1.54, 1.807) is 6.20 Å². The average Bonchev–Trinajstić information content (AvgIpc) is 3.29. The summed E-state index contributed by atoms with van der Waals surface area (Å²) in [5.74, 6) is 0.128. The van der Waals surface area contributed by atoms with Gasteiger partial charge in [-0.3, -0.25) is 9.78 Å². The Morgan fingerprint density at radius 2 is 2.18 bits per heavy atom. The third kappa shape index (κ3) is 2.56. The molecule has 1 N–H and O–H groups in total. The van der Waals surface area contributed by atoms with Crippen LogP contribution in [0.2, 0.25) is 0 Å². The Kier molecular flexibility index (Phi) is 3.29. The van der Waals surface area contributed by atoms with Crippen molar-refractivity contribution in [2.45, 2.75) is 31.8 Å². The fraction of sp³-hybridized carbons (Fsp3) is 0.333. The molecule has 1 fully saturated rings. The van der Waals surface area contributed by atoms with E-state index in [0.717, 1.165) is 37.1 Å². The van der Waals surface area contributed by atoms with Gasteiger partial charge in [-0.1, -0.05) is 6.07 Å². The van der Waals surface area contributed by atoms with Gasteiger partial charge in [0.25, 0.3) is 5.91 Å². The smallest absolute Gasteiger partial charge is 0.254 e. The van der Waals surface area contributed by atoms with Gasteiger partial charge in [0.2, 0.25) is 0 Å². The lowest BCUT2D eigenvalue weighted by molar-refractivity contribution is 0.0727. The molecule has 4 rings (SSSR count). The van der Waals surface area contributed by atoms with E-state index in [1.807, 2.05) is 41.3 Å². The van der Waals surface area contributed by atoms with E-state index in [2.05, 4.69) is 10.3 Å². The van der Waals surface area contributed by atoms with Crippen molar-refractivity contribution in [2.24, 2.45) is 0 Å². The standard InChI is InChI=1S/C18H19N3O/c22-18(14-4-7-17-13(11-14)8-10-20-17)21(16-5-6-16)12-15-3-1-2-9-19-15/h1-4,7,9,11,16,20H,5-6,8,10,12H2. The van der Waals surface area contributed by atoms with Crippen LogP contribution in [-0.2, 0) is 13.0 Å². The number of aromatic nitrogens is 1. The summed E-state index contributed by atoms with van der Waals surface area (Å²) in [4.78, 5) is 19.2. The zero-order valence-corrected chi connectivity index (χ0v) is 12.5. The highest BCUT2D eigenvalue weighted by Crippen LogP contribution is 2.31. The molecule has 112 valence electrons. The molecule has 2 heterocycles. The van der Waals surface area contributed by atoms with Crippen LogP contribution in [0, 0.1) is 0 Å². The summed E-state index contributed by atoms with van der Waals surface area (Å²) in [6.07, 6.45) is 4.99. The Bertz CT molecular complexity index is 695. The first-order chi connectivity index (χ1) is 10.8. The van der Waals surface area contributed by atoms with Gasteiger partial charge in [-0.15, -0.1) is 0 Å². The van der Waals surface area contributed by atoms with Gasteiger partial charge in [-0.05, 0) is 55.2 Å². The summed E-state index contributed by atoms with van der Waals surface area (Å²) in [5, 5.41) is 3.34. The molecule has 0 radical (unpaired) electrons. The molecule has 2 aromatic rings. The molecule has 4 heteroatoms. The quantitative estimate of drug-likeness (QED) is 0.943. The van der Waals surface area contributed by atoms with E-state index in [-0.39, 0.29) is 5.91 Å². The predicted molar refractivity (Wildman–Crippen MR) is 85.8 cm³/mol. The molecule has 0 unspecified atom stereocenters. The number of fused-ring (bicyclic) bond motifs is 1. The first kappa shape index (κ1) is 13.3. The lowest BCUT2D eigenvalue weighted by Crippen LogP contribution is -2.33. The molecule has 0 atom stereocenters. The minimum atomic E-state index is 0.128. The highest BCUT2D eigenvalue weighted by molar-refractivity contribution is 5.95. The second-order valence-electron chi connectivity index (χ2n) is 6.03. The number of amides is 1. The number of carbonyl (C=O) groups is 1. The number of carbonyl (C=O) groups excluding carboxylic acids is 1. The Balaban J connectivity index is 1.58. The van der Waals surface area contributed by atoms with Crippen molar-refractivity contribution in [2.75, 3.05) is 11.9 Å². The number of hydrogen-bond donors (Lipinski definition) is 1. The average molecular weight is 293 g/mol. The summed E-state index contributed by atoms with van der Waals surface area (Å²) in [7, 11) is 0. The molecule has 1 amide bonds. The van der Waals surface area contributed by atoms with Crippen LogP contribution < -0.4 is 5.32 Å². The molecular formula is C18H19N3O. The minimum Gasteiger partial charge on any atom is -0.384 e. The molecular weight excluding hydrogens is 274 g/mol. The summed E-state index contributed by atoms with van der Waals surface area (Å²) in [6.45, 7) is 1.56. The van der Waals surface area contributed by atoms with Gasteiger partial charge in [0, 0.05) is 30.0 Å². The SMILES string of the molecule is O=C(c1ccc2c(c1)CCN2)N(Cc1ccccn1)C1CC1. The molecule has 22 heavy (non-hydrogen) atoms. The lowest BCUT2D eigenvalue weighted by atomic mass is 10.1. The number of pyridine rings is 1. The van der Waals surface area contributed by atoms with Crippen molar-refractivity contribution in [3.05, 3.63) is 59.4 Å². The first-order valence-corrected chi connectivity index (χ1v) is 7.89. The maximum absolute atomic E-state index is 12.9. The van der Waals surface area contributed by atoms with Crippen LogP contribution in [0.4, 0.5) is 5.69 Å². The van der Waals surface area contributed by atoms with Crippen molar-refractivity contribution in [3.63, 3.8) is 0 Å². The monoisotopic (exact) mass is 293 g/mol. The Hall–Kier alpha value is -2.36. The van der Waals surface area contributed by atoms with E-state index >= 15 is 0 Å². The van der Waals surface area contributed by atoms with E-state index in [9.17, 15) is 4.79 Å². The fourth-order valence-electron chi connectivity index (χ4n) is 3.02. The molecule has 0 spiro atoms. The van der Waals surface area contributed by atoms with Crippen LogP contribution in [0.25, 0.3) is 0 Å². The maximum Gasteiger partial charge on any atom is 0.254 e. The van der Waals surface area contributed by atoms with Crippen LogP contribution in [-0.4, -0.2) is 28.4 Å². The number of nitrogens with zero attached hydrogens (tertiary/aromatic N) is 2. The number of anilines is 1. The summed E-state index contributed by atoms with van der Waals surface area (Å²) >= 11 is 0. The van der Waals surface area contributed by atoms with E-state index in [0.29, 0.717) is 12.6 Å². The van der Waals surface area contributed by atoms with Gasteiger partial charge in [0.1, 0.15) is 0 Å². The van der Waals surface area contributed by atoms with Gasteiger partial charge < -0.3 is 10.2 Å². The zero-order chi connectivity index (χ0) is 14.9. The van der Waals surface area contributed by atoms with Crippen molar-refractivity contribution >= 4 is 11.6 Å². The molecule has 0 bridgehead atoms. The van der Waals surface area contributed by atoms with Crippen molar-refractivity contribution in [1.82, 2.24) is 9.88 Å².